The largest absolute Gasteiger partial charge is 0.493 e. The number of halogens is 1. The maximum atomic E-state index is 13.3. The van der Waals surface area contributed by atoms with Gasteiger partial charge in [0, 0.05) is 43.4 Å². The van der Waals surface area contributed by atoms with Crippen molar-refractivity contribution in [2.75, 3.05) is 33.5 Å². The number of fused-ring (bicyclic) bond motifs is 1. The van der Waals surface area contributed by atoms with Crippen LogP contribution in [0.25, 0.3) is 22.3 Å². The van der Waals surface area contributed by atoms with Crippen LogP contribution in [0.5, 0.6) is 11.5 Å². The molecular weight excluding hydrogens is 611 g/mol. The number of nitrogens with one attached hydrogen (secondary N) is 1. The number of rotatable bonds is 14. The van der Waals surface area contributed by atoms with Crippen molar-refractivity contribution in [3.8, 4) is 33.8 Å². The summed E-state index contributed by atoms with van der Waals surface area (Å²) in [7, 11) is 1.66. The molecule has 2 heterocycles. The molecule has 0 amide bonds. The van der Waals surface area contributed by atoms with Gasteiger partial charge in [-0.2, -0.15) is 0 Å². The Balaban J connectivity index is 1.63. The van der Waals surface area contributed by atoms with Crippen LogP contribution in [0.15, 0.2) is 66.7 Å². The first-order valence-electron chi connectivity index (χ1n) is 16.4. The number of hydrogen-bond donors (Lipinski definition) is 2. The third-order valence-electron chi connectivity index (χ3n) is 8.15. The predicted octanol–water partition coefficient (Wildman–Crippen LogP) is 7.49. The van der Waals surface area contributed by atoms with E-state index in [2.05, 4.69) is 11.4 Å². The van der Waals surface area contributed by atoms with Gasteiger partial charge in [-0.25, -0.2) is 9.18 Å². The van der Waals surface area contributed by atoms with Gasteiger partial charge in [-0.15, -0.1) is 0 Å². The minimum absolute atomic E-state index is 0.264. The lowest BCUT2D eigenvalue weighted by atomic mass is 9.85. The molecule has 254 valence electrons. The van der Waals surface area contributed by atoms with Gasteiger partial charge in [-0.05, 0) is 105 Å². The van der Waals surface area contributed by atoms with Gasteiger partial charge in [0.1, 0.15) is 17.3 Å². The van der Waals surface area contributed by atoms with Crippen molar-refractivity contribution in [1.29, 1.82) is 0 Å². The number of carboxylic acids is 1. The molecule has 0 radical (unpaired) electrons. The molecule has 0 unspecified atom stereocenters. The summed E-state index contributed by atoms with van der Waals surface area (Å²) in [4.78, 5) is 18.0. The Morgan fingerprint density at radius 2 is 1.75 bits per heavy atom. The van der Waals surface area contributed by atoms with Crippen molar-refractivity contribution in [2.45, 2.75) is 65.2 Å². The summed E-state index contributed by atoms with van der Waals surface area (Å²) in [6.07, 6.45) is 1.16. The first-order valence-corrected chi connectivity index (χ1v) is 16.4. The van der Waals surface area contributed by atoms with E-state index in [1.807, 2.05) is 64.1 Å². The number of aryl methyl sites for hydroxylation is 2. The second-order valence-electron chi connectivity index (χ2n) is 12.9. The van der Waals surface area contributed by atoms with Crippen LogP contribution in [-0.4, -0.2) is 55.1 Å². The highest BCUT2D eigenvalue weighted by Gasteiger charge is 2.34. The van der Waals surface area contributed by atoms with Gasteiger partial charge in [-0.1, -0.05) is 30.3 Å². The fraction of sp³-hybridized carbons (Fsp3) is 0.385. The number of benzene rings is 3. The third kappa shape index (κ3) is 8.78. The summed E-state index contributed by atoms with van der Waals surface area (Å²) in [5.74, 6) is 0.190. The number of carboxylic acid groups (broad SMARTS) is 1. The van der Waals surface area contributed by atoms with E-state index in [4.69, 9.17) is 23.9 Å². The maximum Gasteiger partial charge on any atom is 0.337 e. The molecule has 3 aromatic carbocycles. The smallest absolute Gasteiger partial charge is 0.337 e. The second kappa shape index (κ2) is 15.7. The number of carbonyl (C=O) groups is 1. The Morgan fingerprint density at radius 1 is 1.02 bits per heavy atom. The number of aromatic nitrogens is 1. The molecule has 0 fully saturated rings. The van der Waals surface area contributed by atoms with E-state index in [1.165, 1.54) is 12.1 Å². The Hall–Kier alpha value is -4.31. The van der Waals surface area contributed by atoms with Gasteiger partial charge in [-0.3, -0.25) is 4.98 Å². The van der Waals surface area contributed by atoms with Gasteiger partial charge in [0.05, 0.1) is 31.1 Å². The number of hydrogen-bond acceptors (Lipinski definition) is 7. The summed E-state index contributed by atoms with van der Waals surface area (Å²) < 4.78 is 36.8. The van der Waals surface area contributed by atoms with Crippen LogP contribution in [-0.2, 0) is 33.7 Å². The van der Waals surface area contributed by atoms with E-state index in [1.54, 1.807) is 19.2 Å². The molecule has 4 aromatic rings. The summed E-state index contributed by atoms with van der Waals surface area (Å²) in [6.45, 7) is 10.1. The second-order valence-corrected chi connectivity index (χ2v) is 12.9. The molecule has 1 atom stereocenters. The SMILES string of the molecule is COCCNCc1nc(C)c([C@H](OC(C)(C)C)C(=O)O)c(-c2ccc3c(c2)CCCO3)c1-c1ccc(OCCc2ccc(F)cc2)cc1. The fourth-order valence-corrected chi connectivity index (χ4v) is 5.98. The fourth-order valence-electron chi connectivity index (χ4n) is 5.98. The molecule has 8 nitrogen and oxygen atoms in total. The van der Waals surface area contributed by atoms with E-state index in [9.17, 15) is 14.3 Å². The summed E-state index contributed by atoms with van der Waals surface area (Å²) in [5, 5.41) is 14.0. The number of pyridine rings is 1. The standard InChI is InChI=1S/C39H45FN2O6/c1-25-34(37(38(43)44)48-39(2,3)4)36(29-12-17-33-28(23-29)7-6-20-47-33)35(32(42-25)24-41-19-22-45-5)27-10-15-31(16-11-27)46-21-18-26-8-13-30(40)14-9-26/h8-17,23,37,41H,6-7,18-22,24H2,1-5H3,(H,43,44)/t37-/m0/s1. The molecule has 1 aromatic heterocycles. The van der Waals surface area contributed by atoms with Crippen LogP contribution in [0.1, 0.15) is 61.4 Å². The van der Waals surface area contributed by atoms with Crippen molar-refractivity contribution < 1.29 is 33.2 Å². The molecule has 1 aliphatic rings. The molecule has 0 saturated carbocycles. The summed E-state index contributed by atoms with van der Waals surface area (Å²) in [5.41, 5.74) is 6.54. The lowest BCUT2D eigenvalue weighted by molar-refractivity contribution is -0.160. The molecule has 1 aliphatic heterocycles. The normalized spacial score (nSPS) is 13.5. The van der Waals surface area contributed by atoms with Crippen molar-refractivity contribution in [2.24, 2.45) is 0 Å². The van der Waals surface area contributed by atoms with Gasteiger partial charge in [0.15, 0.2) is 6.10 Å². The van der Waals surface area contributed by atoms with E-state index in [0.29, 0.717) is 56.3 Å². The molecule has 0 bridgehead atoms. The Morgan fingerprint density at radius 3 is 2.44 bits per heavy atom. The van der Waals surface area contributed by atoms with Crippen LogP contribution in [0.3, 0.4) is 0 Å². The highest BCUT2D eigenvalue weighted by molar-refractivity contribution is 5.91. The minimum Gasteiger partial charge on any atom is -0.493 e. The van der Waals surface area contributed by atoms with E-state index in [0.717, 1.165) is 57.7 Å². The zero-order valence-electron chi connectivity index (χ0n) is 28.4. The molecule has 0 aliphatic carbocycles. The van der Waals surface area contributed by atoms with E-state index in [-0.39, 0.29) is 5.82 Å². The van der Waals surface area contributed by atoms with E-state index < -0.39 is 17.7 Å². The van der Waals surface area contributed by atoms with Gasteiger partial charge in [0.25, 0.3) is 0 Å². The molecule has 0 spiro atoms. The van der Waals surface area contributed by atoms with Crippen LogP contribution >= 0.6 is 0 Å². The molecular formula is C39H45FN2O6. The van der Waals surface area contributed by atoms with Crippen LogP contribution in [0, 0.1) is 12.7 Å². The highest BCUT2D eigenvalue weighted by Crippen LogP contribution is 2.44. The number of ether oxygens (including phenoxy) is 4. The molecule has 48 heavy (non-hydrogen) atoms. The molecule has 0 saturated heterocycles. The third-order valence-corrected chi connectivity index (χ3v) is 8.15. The van der Waals surface area contributed by atoms with Gasteiger partial charge < -0.3 is 29.4 Å². The molecule has 5 rings (SSSR count). The first-order chi connectivity index (χ1) is 23.0. The number of methoxy groups -OCH3 is 1. The molecule has 9 heteroatoms. The Labute approximate surface area is 282 Å². The Kier molecular flexibility index (Phi) is 11.5. The van der Waals surface area contributed by atoms with Gasteiger partial charge in [0.2, 0.25) is 0 Å². The number of nitrogens with zero attached hydrogens (tertiary/aromatic N) is 1. The maximum absolute atomic E-state index is 13.3. The summed E-state index contributed by atoms with van der Waals surface area (Å²) >= 11 is 0. The van der Waals surface area contributed by atoms with Crippen molar-refractivity contribution in [3.63, 3.8) is 0 Å². The topological polar surface area (TPSA) is 99.1 Å². The van der Waals surface area contributed by atoms with Crippen LogP contribution < -0.4 is 14.8 Å². The quantitative estimate of drug-likeness (QED) is 0.135. The Bertz CT molecular complexity index is 1700. The van der Waals surface area contributed by atoms with Crippen LogP contribution in [0.2, 0.25) is 0 Å². The lowest BCUT2D eigenvalue weighted by Gasteiger charge is -2.30. The van der Waals surface area contributed by atoms with Gasteiger partial charge >= 0.3 is 5.97 Å². The predicted molar refractivity (Wildman–Crippen MR) is 184 cm³/mol. The zero-order chi connectivity index (χ0) is 34.3. The zero-order valence-corrected chi connectivity index (χ0v) is 28.4. The van der Waals surface area contributed by atoms with Crippen molar-refractivity contribution >= 4 is 5.97 Å². The monoisotopic (exact) mass is 656 g/mol. The van der Waals surface area contributed by atoms with Crippen molar-refractivity contribution in [3.05, 3.63) is 101 Å². The summed E-state index contributed by atoms with van der Waals surface area (Å²) in [6, 6.07) is 20.3. The highest BCUT2D eigenvalue weighted by atomic mass is 19.1. The van der Waals surface area contributed by atoms with E-state index >= 15 is 0 Å². The average Bonchev–Trinajstić information content (AvgIpc) is 3.06. The average molecular weight is 657 g/mol. The first kappa shape index (κ1) is 35.0. The molecule has 2 N–H and O–H groups in total. The minimum atomic E-state index is -1.26. The van der Waals surface area contributed by atoms with Crippen molar-refractivity contribution in [1.82, 2.24) is 10.3 Å². The van der Waals surface area contributed by atoms with Crippen LogP contribution in [0.4, 0.5) is 4.39 Å². The number of aliphatic carboxylic acids is 1. The lowest BCUT2D eigenvalue weighted by Crippen LogP contribution is -2.29.